The summed E-state index contributed by atoms with van der Waals surface area (Å²) in [5.41, 5.74) is 1.66. The van der Waals surface area contributed by atoms with E-state index in [0.29, 0.717) is 25.4 Å². The van der Waals surface area contributed by atoms with E-state index in [1.165, 1.54) is 0 Å². The molecule has 0 saturated carbocycles. The van der Waals surface area contributed by atoms with Crippen LogP contribution >= 0.6 is 0 Å². The number of hydrogen-bond donors (Lipinski definition) is 3. The first-order valence-corrected chi connectivity index (χ1v) is 5.40. The van der Waals surface area contributed by atoms with E-state index in [-0.39, 0.29) is 13.2 Å². The largest absolute Gasteiger partial charge is 0.507 e. The molecule has 0 unspecified atom stereocenters. The molecular weight excluding hydrogens is 206 g/mol. The van der Waals surface area contributed by atoms with Crippen LogP contribution in [0.2, 0.25) is 0 Å². The van der Waals surface area contributed by atoms with Crippen molar-refractivity contribution in [1.82, 2.24) is 4.90 Å². The molecule has 0 fully saturated rings. The number of aryl methyl sites for hydroxylation is 1. The van der Waals surface area contributed by atoms with Crippen LogP contribution in [0.3, 0.4) is 0 Å². The second-order valence-corrected chi connectivity index (χ2v) is 3.81. The average molecular weight is 225 g/mol. The van der Waals surface area contributed by atoms with E-state index in [1.807, 2.05) is 30.0 Å². The number of hydrogen-bond acceptors (Lipinski definition) is 4. The number of para-hydroxylation sites is 1. The lowest BCUT2D eigenvalue weighted by atomic mass is 10.1. The molecule has 90 valence electrons. The second-order valence-electron chi connectivity index (χ2n) is 3.81. The quantitative estimate of drug-likeness (QED) is 0.659. The fourth-order valence-electron chi connectivity index (χ4n) is 1.64. The van der Waals surface area contributed by atoms with Gasteiger partial charge in [0.25, 0.3) is 0 Å². The third-order valence-corrected chi connectivity index (χ3v) is 2.55. The molecule has 4 heteroatoms. The van der Waals surface area contributed by atoms with Crippen LogP contribution < -0.4 is 0 Å². The number of phenols is 1. The molecule has 0 atom stereocenters. The fourth-order valence-corrected chi connectivity index (χ4v) is 1.64. The standard InChI is InChI=1S/C12H19NO3/c1-10-3-2-4-11(12(10)16)9-13(5-7-14)6-8-15/h2-4,14-16H,5-9H2,1H3. The molecule has 0 aliphatic heterocycles. The third kappa shape index (κ3) is 3.48. The molecule has 0 saturated heterocycles. The monoisotopic (exact) mass is 225 g/mol. The van der Waals surface area contributed by atoms with Crippen LogP contribution in [0.5, 0.6) is 5.75 Å². The molecule has 0 bridgehead atoms. The second kappa shape index (κ2) is 6.48. The topological polar surface area (TPSA) is 63.9 Å². The summed E-state index contributed by atoms with van der Waals surface area (Å²) in [4.78, 5) is 1.90. The Kier molecular flexibility index (Phi) is 5.25. The van der Waals surface area contributed by atoms with Gasteiger partial charge in [0.1, 0.15) is 5.75 Å². The van der Waals surface area contributed by atoms with Gasteiger partial charge in [0, 0.05) is 25.2 Å². The highest BCUT2D eigenvalue weighted by atomic mass is 16.3. The third-order valence-electron chi connectivity index (χ3n) is 2.55. The lowest BCUT2D eigenvalue weighted by molar-refractivity contribution is 0.155. The Morgan fingerprint density at radius 2 is 1.75 bits per heavy atom. The molecule has 0 aliphatic carbocycles. The van der Waals surface area contributed by atoms with E-state index in [9.17, 15) is 5.11 Å². The maximum Gasteiger partial charge on any atom is 0.122 e. The molecule has 16 heavy (non-hydrogen) atoms. The molecule has 3 N–H and O–H groups in total. The van der Waals surface area contributed by atoms with E-state index in [1.54, 1.807) is 0 Å². The molecule has 0 heterocycles. The summed E-state index contributed by atoms with van der Waals surface area (Å²) in [5, 5.41) is 27.6. The number of rotatable bonds is 6. The summed E-state index contributed by atoms with van der Waals surface area (Å²) in [6, 6.07) is 5.59. The normalized spacial score (nSPS) is 11.0. The highest BCUT2D eigenvalue weighted by Crippen LogP contribution is 2.22. The van der Waals surface area contributed by atoms with Crippen molar-refractivity contribution in [1.29, 1.82) is 0 Å². The maximum atomic E-state index is 9.83. The van der Waals surface area contributed by atoms with Gasteiger partial charge in [0.2, 0.25) is 0 Å². The van der Waals surface area contributed by atoms with E-state index in [4.69, 9.17) is 10.2 Å². The Bertz CT molecular complexity index is 322. The molecule has 0 spiro atoms. The van der Waals surface area contributed by atoms with Crippen LogP contribution in [0.1, 0.15) is 11.1 Å². The van der Waals surface area contributed by atoms with Gasteiger partial charge < -0.3 is 15.3 Å². The zero-order valence-corrected chi connectivity index (χ0v) is 9.56. The van der Waals surface area contributed by atoms with Gasteiger partial charge in [-0.15, -0.1) is 0 Å². The van der Waals surface area contributed by atoms with E-state index in [0.717, 1.165) is 11.1 Å². The molecule has 0 aliphatic rings. The summed E-state index contributed by atoms with van der Waals surface area (Å²) < 4.78 is 0. The van der Waals surface area contributed by atoms with Gasteiger partial charge in [-0.3, -0.25) is 4.90 Å². The minimum Gasteiger partial charge on any atom is -0.507 e. The van der Waals surface area contributed by atoms with Crippen LogP contribution in [0, 0.1) is 6.92 Å². The van der Waals surface area contributed by atoms with Gasteiger partial charge in [-0.2, -0.15) is 0 Å². The zero-order chi connectivity index (χ0) is 12.0. The number of nitrogens with zero attached hydrogens (tertiary/aromatic N) is 1. The van der Waals surface area contributed by atoms with Crippen molar-refractivity contribution in [3.05, 3.63) is 29.3 Å². The molecule has 1 rings (SSSR count). The van der Waals surface area contributed by atoms with E-state index >= 15 is 0 Å². The van der Waals surface area contributed by atoms with E-state index in [2.05, 4.69) is 0 Å². The van der Waals surface area contributed by atoms with Gasteiger partial charge in [-0.25, -0.2) is 0 Å². The first kappa shape index (κ1) is 13.0. The van der Waals surface area contributed by atoms with Crippen LogP contribution in [0.4, 0.5) is 0 Å². The highest BCUT2D eigenvalue weighted by Gasteiger charge is 2.09. The Balaban J connectivity index is 2.72. The summed E-state index contributed by atoms with van der Waals surface area (Å²) in [6.07, 6.45) is 0. The van der Waals surface area contributed by atoms with Gasteiger partial charge in [-0.05, 0) is 12.5 Å². The zero-order valence-electron chi connectivity index (χ0n) is 9.56. The van der Waals surface area contributed by atoms with Crippen molar-refractivity contribution in [3.8, 4) is 5.75 Å². The van der Waals surface area contributed by atoms with Crippen LogP contribution in [-0.2, 0) is 6.54 Å². The lowest BCUT2D eigenvalue weighted by Crippen LogP contribution is -2.29. The van der Waals surface area contributed by atoms with Crippen molar-refractivity contribution in [2.75, 3.05) is 26.3 Å². The van der Waals surface area contributed by atoms with Gasteiger partial charge in [0.05, 0.1) is 13.2 Å². The summed E-state index contributed by atoms with van der Waals surface area (Å²) in [5.74, 6) is 0.295. The highest BCUT2D eigenvalue weighted by molar-refractivity contribution is 5.39. The van der Waals surface area contributed by atoms with E-state index < -0.39 is 0 Å². The van der Waals surface area contributed by atoms with Gasteiger partial charge >= 0.3 is 0 Å². The molecule has 0 aromatic heterocycles. The Morgan fingerprint density at radius 3 is 2.31 bits per heavy atom. The predicted molar refractivity (Wildman–Crippen MR) is 62.3 cm³/mol. The van der Waals surface area contributed by atoms with Crippen LogP contribution in [0.25, 0.3) is 0 Å². The molecule has 0 radical (unpaired) electrons. The number of aliphatic hydroxyl groups excluding tert-OH is 2. The van der Waals surface area contributed by atoms with Crippen LogP contribution in [-0.4, -0.2) is 46.5 Å². The number of phenolic OH excluding ortho intramolecular Hbond substituents is 1. The minimum atomic E-state index is 0.0482. The number of aromatic hydroxyl groups is 1. The SMILES string of the molecule is Cc1cccc(CN(CCO)CCO)c1O. The van der Waals surface area contributed by atoms with Crippen molar-refractivity contribution in [3.63, 3.8) is 0 Å². The predicted octanol–water partition coefficient (Wildman–Crippen LogP) is 0.487. The van der Waals surface area contributed by atoms with Crippen molar-refractivity contribution >= 4 is 0 Å². The molecule has 1 aromatic carbocycles. The molecular formula is C12H19NO3. The smallest absolute Gasteiger partial charge is 0.122 e. The minimum absolute atomic E-state index is 0.0482. The number of benzene rings is 1. The van der Waals surface area contributed by atoms with Crippen molar-refractivity contribution in [2.45, 2.75) is 13.5 Å². The molecule has 0 amide bonds. The fraction of sp³-hybridized carbons (Fsp3) is 0.500. The van der Waals surface area contributed by atoms with Crippen molar-refractivity contribution < 1.29 is 15.3 Å². The van der Waals surface area contributed by atoms with Crippen molar-refractivity contribution in [2.24, 2.45) is 0 Å². The molecule has 4 nitrogen and oxygen atoms in total. The Morgan fingerprint density at radius 1 is 1.12 bits per heavy atom. The van der Waals surface area contributed by atoms with Gasteiger partial charge in [-0.1, -0.05) is 18.2 Å². The van der Waals surface area contributed by atoms with Crippen LogP contribution in [0.15, 0.2) is 18.2 Å². The summed E-state index contributed by atoms with van der Waals surface area (Å²) in [6.45, 7) is 3.47. The Labute approximate surface area is 95.8 Å². The Hall–Kier alpha value is -1.10. The number of aliphatic hydroxyl groups is 2. The summed E-state index contributed by atoms with van der Waals surface area (Å²) in [7, 11) is 0. The van der Waals surface area contributed by atoms with Gasteiger partial charge in [0.15, 0.2) is 0 Å². The lowest BCUT2D eigenvalue weighted by Gasteiger charge is -2.21. The first-order valence-electron chi connectivity index (χ1n) is 5.40. The first-order chi connectivity index (χ1) is 7.69. The average Bonchev–Trinajstić information content (AvgIpc) is 2.25. The maximum absolute atomic E-state index is 9.83. The summed E-state index contributed by atoms with van der Waals surface area (Å²) >= 11 is 0. The molecule has 1 aromatic rings.